The van der Waals surface area contributed by atoms with Crippen LogP contribution in [0.2, 0.25) is 0 Å². The molecule has 2 aromatic heterocycles. The van der Waals surface area contributed by atoms with Crippen LogP contribution >= 0.6 is 22.7 Å². The fourth-order valence-corrected chi connectivity index (χ4v) is 7.62. The van der Waals surface area contributed by atoms with Crippen molar-refractivity contribution in [1.82, 2.24) is 4.98 Å². The van der Waals surface area contributed by atoms with Crippen LogP contribution in [-0.2, 0) is 16.4 Å². The van der Waals surface area contributed by atoms with E-state index in [1.165, 1.54) is 56.3 Å². The third-order valence-corrected chi connectivity index (χ3v) is 10.2. The molecule has 202 valence electrons. The van der Waals surface area contributed by atoms with Gasteiger partial charge >= 0.3 is 0 Å². The number of anilines is 2. The fraction of sp³-hybridized carbons (Fsp3) is 0.138. The summed E-state index contributed by atoms with van der Waals surface area (Å²) in [5, 5.41) is 8.05. The molecule has 0 aliphatic carbocycles. The summed E-state index contributed by atoms with van der Waals surface area (Å²) in [5.74, 6) is 0.266. The number of thiophene rings is 1. The number of sulfonamides is 1. The van der Waals surface area contributed by atoms with E-state index in [0.29, 0.717) is 28.6 Å². The zero-order chi connectivity index (χ0) is 27.7. The first-order valence-electron chi connectivity index (χ1n) is 12.5. The Morgan fingerprint density at radius 3 is 2.67 bits per heavy atom. The van der Waals surface area contributed by atoms with Crippen LogP contribution in [0.4, 0.5) is 10.8 Å². The SMILES string of the molecule is COc1ccc2nc(N(/N=C/c3cccs3)C(=O)c3ccc(S(=O)(=O)N4CCCc5ccccc54)cc3)sc2c1. The van der Waals surface area contributed by atoms with E-state index in [4.69, 9.17) is 4.74 Å². The number of methoxy groups -OCH3 is 1. The highest BCUT2D eigenvalue weighted by atomic mass is 32.2. The highest BCUT2D eigenvalue weighted by Crippen LogP contribution is 2.34. The van der Waals surface area contributed by atoms with Gasteiger partial charge in [0.2, 0.25) is 5.13 Å². The van der Waals surface area contributed by atoms with Gasteiger partial charge in [-0.1, -0.05) is 35.6 Å². The number of amides is 1. The molecule has 0 atom stereocenters. The first-order valence-corrected chi connectivity index (χ1v) is 15.6. The van der Waals surface area contributed by atoms with Crippen molar-refractivity contribution in [2.45, 2.75) is 17.7 Å². The monoisotopic (exact) mass is 588 g/mol. The Labute approximate surface area is 239 Å². The number of benzene rings is 3. The lowest BCUT2D eigenvalue weighted by atomic mass is 10.0. The minimum absolute atomic E-state index is 0.126. The van der Waals surface area contributed by atoms with Gasteiger partial charge < -0.3 is 4.74 Å². The van der Waals surface area contributed by atoms with Gasteiger partial charge in [-0.25, -0.2) is 13.4 Å². The standard InChI is InChI=1S/C29H24N4O4S3/c1-37-22-12-15-25-27(18-22)39-29(31-25)33(30-19-23-8-5-17-38-23)28(34)21-10-13-24(14-11-21)40(35,36)32-16-4-7-20-6-2-3-9-26(20)32/h2-3,5-6,8-15,17-19H,4,7,16H2,1H3/b30-19+. The molecule has 6 rings (SSSR count). The maximum absolute atomic E-state index is 13.7. The third kappa shape index (κ3) is 4.99. The van der Waals surface area contributed by atoms with Crippen molar-refractivity contribution in [3.63, 3.8) is 0 Å². The average Bonchev–Trinajstić information content (AvgIpc) is 3.66. The molecule has 0 radical (unpaired) electrons. The van der Waals surface area contributed by atoms with Crippen LogP contribution < -0.4 is 14.1 Å². The lowest BCUT2D eigenvalue weighted by Crippen LogP contribution is -2.35. The lowest BCUT2D eigenvalue weighted by Gasteiger charge is -2.30. The first-order chi connectivity index (χ1) is 19.4. The minimum atomic E-state index is -3.80. The summed E-state index contributed by atoms with van der Waals surface area (Å²) in [5.41, 5.74) is 2.72. The quantitative estimate of drug-likeness (QED) is 0.167. The van der Waals surface area contributed by atoms with E-state index >= 15 is 0 Å². The van der Waals surface area contributed by atoms with Gasteiger partial charge in [0.05, 0.1) is 34.1 Å². The number of nitrogens with zero attached hydrogens (tertiary/aromatic N) is 4. The van der Waals surface area contributed by atoms with Crippen LogP contribution in [0.15, 0.2) is 94.2 Å². The van der Waals surface area contributed by atoms with Crippen molar-refractivity contribution in [2.24, 2.45) is 5.10 Å². The molecule has 5 aromatic rings. The number of thiazole rings is 1. The second kappa shape index (κ2) is 10.8. The predicted molar refractivity (Wildman–Crippen MR) is 161 cm³/mol. The molecule has 1 amide bonds. The lowest BCUT2D eigenvalue weighted by molar-refractivity contribution is 0.0987. The van der Waals surface area contributed by atoms with E-state index in [2.05, 4.69) is 10.1 Å². The average molecular weight is 589 g/mol. The number of rotatable bonds is 7. The molecule has 3 aromatic carbocycles. The van der Waals surface area contributed by atoms with E-state index in [-0.39, 0.29) is 10.5 Å². The van der Waals surface area contributed by atoms with Crippen LogP contribution in [0, 0.1) is 0 Å². The smallest absolute Gasteiger partial charge is 0.280 e. The van der Waals surface area contributed by atoms with Gasteiger partial charge in [0, 0.05) is 17.0 Å². The molecule has 11 heteroatoms. The van der Waals surface area contributed by atoms with Crippen molar-refractivity contribution in [2.75, 3.05) is 23.0 Å². The van der Waals surface area contributed by atoms with Gasteiger partial charge in [0.15, 0.2) is 0 Å². The molecular weight excluding hydrogens is 565 g/mol. The number of para-hydroxylation sites is 1. The zero-order valence-electron chi connectivity index (χ0n) is 21.4. The van der Waals surface area contributed by atoms with Gasteiger partial charge in [-0.05, 0) is 78.4 Å². The molecule has 0 unspecified atom stereocenters. The first kappa shape index (κ1) is 26.2. The number of hydrogen-bond donors (Lipinski definition) is 0. The van der Waals surface area contributed by atoms with Gasteiger partial charge in [-0.15, -0.1) is 11.3 Å². The number of ether oxygens (including phenoxy) is 1. The van der Waals surface area contributed by atoms with Gasteiger partial charge in [-0.3, -0.25) is 9.10 Å². The number of carbonyl (C=O) groups is 1. The van der Waals surface area contributed by atoms with Crippen molar-refractivity contribution >= 4 is 65.9 Å². The van der Waals surface area contributed by atoms with Crippen LogP contribution in [0.25, 0.3) is 10.2 Å². The summed E-state index contributed by atoms with van der Waals surface area (Å²) in [6, 6.07) is 22.9. The Morgan fingerprint density at radius 1 is 1.07 bits per heavy atom. The number of hydrazone groups is 1. The van der Waals surface area contributed by atoms with E-state index in [0.717, 1.165) is 28.0 Å². The van der Waals surface area contributed by atoms with Crippen molar-refractivity contribution in [3.8, 4) is 5.75 Å². The van der Waals surface area contributed by atoms with Gasteiger partial charge in [-0.2, -0.15) is 10.1 Å². The number of carbonyl (C=O) groups excluding carboxylic acids is 1. The number of aryl methyl sites for hydroxylation is 1. The molecule has 0 N–H and O–H groups in total. The van der Waals surface area contributed by atoms with Gasteiger partial charge in [0.1, 0.15) is 5.75 Å². The van der Waals surface area contributed by atoms with Crippen molar-refractivity contribution < 1.29 is 17.9 Å². The van der Waals surface area contributed by atoms with Crippen molar-refractivity contribution in [1.29, 1.82) is 0 Å². The normalized spacial score (nSPS) is 13.5. The molecule has 1 aliphatic heterocycles. The highest BCUT2D eigenvalue weighted by molar-refractivity contribution is 7.92. The molecule has 1 aliphatic rings. The Kier molecular flexibility index (Phi) is 7.09. The minimum Gasteiger partial charge on any atom is -0.497 e. The number of aromatic nitrogens is 1. The summed E-state index contributed by atoms with van der Waals surface area (Å²) in [7, 11) is -2.20. The molecule has 0 saturated heterocycles. The highest BCUT2D eigenvalue weighted by Gasteiger charge is 2.29. The summed E-state index contributed by atoms with van der Waals surface area (Å²) >= 11 is 2.81. The molecule has 8 nitrogen and oxygen atoms in total. The number of fused-ring (bicyclic) bond motifs is 2. The Bertz CT molecular complexity index is 1810. The summed E-state index contributed by atoms with van der Waals surface area (Å²) in [6.07, 6.45) is 3.20. The fourth-order valence-electron chi connectivity index (χ4n) is 4.55. The molecule has 0 spiro atoms. The number of hydrogen-bond acceptors (Lipinski definition) is 8. The molecule has 40 heavy (non-hydrogen) atoms. The van der Waals surface area contributed by atoms with E-state index < -0.39 is 15.9 Å². The maximum atomic E-state index is 13.7. The van der Waals surface area contributed by atoms with Crippen molar-refractivity contribution in [3.05, 3.63) is 100 Å². The van der Waals surface area contributed by atoms with Crippen LogP contribution in [0.1, 0.15) is 27.2 Å². The molecule has 0 saturated carbocycles. The third-order valence-electron chi connectivity index (χ3n) is 6.56. The van der Waals surface area contributed by atoms with E-state index in [9.17, 15) is 13.2 Å². The van der Waals surface area contributed by atoms with E-state index in [1.54, 1.807) is 13.3 Å². The summed E-state index contributed by atoms with van der Waals surface area (Å²) in [6.45, 7) is 0.410. The van der Waals surface area contributed by atoms with Gasteiger partial charge in [0.25, 0.3) is 15.9 Å². The summed E-state index contributed by atoms with van der Waals surface area (Å²) < 4.78 is 34.8. The largest absolute Gasteiger partial charge is 0.497 e. The second-order valence-electron chi connectivity index (χ2n) is 9.04. The molecule has 3 heterocycles. The van der Waals surface area contributed by atoms with Crippen LogP contribution in [0.3, 0.4) is 0 Å². The topological polar surface area (TPSA) is 92.2 Å². The summed E-state index contributed by atoms with van der Waals surface area (Å²) in [4.78, 5) is 19.4. The van der Waals surface area contributed by atoms with Crippen LogP contribution in [0.5, 0.6) is 5.75 Å². The predicted octanol–water partition coefficient (Wildman–Crippen LogP) is 6.19. The van der Waals surface area contributed by atoms with Crippen LogP contribution in [-0.4, -0.2) is 39.2 Å². The Balaban J connectivity index is 1.33. The Morgan fingerprint density at radius 2 is 1.90 bits per heavy atom. The molecular formula is C29H24N4O4S3. The second-order valence-corrected chi connectivity index (χ2v) is 12.9. The van der Waals surface area contributed by atoms with E-state index in [1.807, 2.05) is 60.0 Å². The zero-order valence-corrected chi connectivity index (χ0v) is 23.9. The molecule has 0 bridgehead atoms. The Hall–Kier alpha value is -4.06. The maximum Gasteiger partial charge on any atom is 0.280 e. The molecule has 0 fully saturated rings.